The molecule has 9 heteroatoms. The molecular weight excluding hydrogens is 370 g/mol. The number of ether oxygens (including phenoxy) is 1. The van der Waals surface area contributed by atoms with Crippen LogP contribution in [-0.4, -0.2) is 30.3 Å². The zero-order valence-electron chi connectivity index (χ0n) is 15.4. The Morgan fingerprint density at radius 3 is 2.90 bits per heavy atom. The molecule has 1 amide bonds. The van der Waals surface area contributed by atoms with E-state index in [1.54, 1.807) is 45.9 Å². The second-order valence-electron chi connectivity index (χ2n) is 6.12. The van der Waals surface area contributed by atoms with Gasteiger partial charge in [0.2, 0.25) is 11.8 Å². The maximum Gasteiger partial charge on any atom is 0.247 e. The lowest BCUT2D eigenvalue weighted by molar-refractivity contribution is -0.111. The zero-order valence-corrected chi connectivity index (χ0v) is 15.4. The predicted molar refractivity (Wildman–Crippen MR) is 105 cm³/mol. The van der Waals surface area contributed by atoms with Crippen LogP contribution in [0.1, 0.15) is 5.56 Å². The topological polar surface area (TPSA) is 110 Å². The SMILES string of the molecule is C=CC(=O)Nc1cccc(Oc2nc(-c3cnn(C)c3)cn3ncc(C#N)c23)c1. The second-order valence-corrected chi connectivity index (χ2v) is 6.12. The summed E-state index contributed by atoms with van der Waals surface area (Å²) in [6, 6.07) is 8.93. The lowest BCUT2D eigenvalue weighted by atomic mass is 10.2. The second kappa shape index (κ2) is 7.28. The van der Waals surface area contributed by atoms with Crippen LogP contribution >= 0.6 is 0 Å². The van der Waals surface area contributed by atoms with Gasteiger partial charge in [0, 0.05) is 30.6 Å². The Labute approximate surface area is 165 Å². The van der Waals surface area contributed by atoms with Gasteiger partial charge in [0.05, 0.1) is 24.3 Å². The number of anilines is 1. The number of aryl methyl sites for hydroxylation is 1. The van der Waals surface area contributed by atoms with E-state index in [4.69, 9.17) is 4.74 Å². The monoisotopic (exact) mass is 385 g/mol. The average molecular weight is 385 g/mol. The molecule has 0 radical (unpaired) electrons. The van der Waals surface area contributed by atoms with Crippen molar-refractivity contribution < 1.29 is 9.53 Å². The first-order valence-corrected chi connectivity index (χ1v) is 8.56. The van der Waals surface area contributed by atoms with Gasteiger partial charge >= 0.3 is 0 Å². The fraction of sp³-hybridized carbons (Fsp3) is 0.0500. The third kappa shape index (κ3) is 3.54. The minimum atomic E-state index is -0.330. The van der Waals surface area contributed by atoms with E-state index in [1.807, 2.05) is 13.2 Å². The van der Waals surface area contributed by atoms with Crippen LogP contribution in [0.4, 0.5) is 5.69 Å². The summed E-state index contributed by atoms with van der Waals surface area (Å²) in [5, 5.41) is 20.5. The lowest BCUT2D eigenvalue weighted by Gasteiger charge is -2.10. The van der Waals surface area contributed by atoms with Crippen molar-refractivity contribution in [3.8, 4) is 29.0 Å². The van der Waals surface area contributed by atoms with Crippen molar-refractivity contribution >= 4 is 17.1 Å². The Morgan fingerprint density at radius 1 is 1.31 bits per heavy atom. The van der Waals surface area contributed by atoms with Gasteiger partial charge in [-0.1, -0.05) is 12.6 Å². The van der Waals surface area contributed by atoms with Gasteiger partial charge in [-0.25, -0.2) is 9.50 Å². The molecular formula is C20H15N7O2. The van der Waals surface area contributed by atoms with Gasteiger partial charge in [0.15, 0.2) is 0 Å². The molecule has 29 heavy (non-hydrogen) atoms. The summed E-state index contributed by atoms with van der Waals surface area (Å²) in [6.45, 7) is 3.43. The van der Waals surface area contributed by atoms with E-state index in [9.17, 15) is 10.1 Å². The Morgan fingerprint density at radius 2 is 2.17 bits per heavy atom. The first-order valence-electron chi connectivity index (χ1n) is 8.56. The average Bonchev–Trinajstić information content (AvgIpc) is 3.34. The van der Waals surface area contributed by atoms with Crippen molar-refractivity contribution in [2.24, 2.45) is 7.05 Å². The number of nitriles is 1. The molecule has 0 aliphatic rings. The molecule has 1 N–H and O–H groups in total. The molecule has 0 saturated heterocycles. The van der Waals surface area contributed by atoms with Crippen molar-refractivity contribution in [2.45, 2.75) is 0 Å². The summed E-state index contributed by atoms with van der Waals surface area (Å²) in [6.07, 6.45) is 7.84. The minimum absolute atomic E-state index is 0.215. The third-order valence-electron chi connectivity index (χ3n) is 4.09. The summed E-state index contributed by atoms with van der Waals surface area (Å²) in [5.41, 5.74) is 2.69. The summed E-state index contributed by atoms with van der Waals surface area (Å²) in [4.78, 5) is 16.1. The molecule has 4 aromatic rings. The number of rotatable bonds is 5. The number of carbonyl (C=O) groups is 1. The smallest absolute Gasteiger partial charge is 0.247 e. The largest absolute Gasteiger partial charge is 0.437 e. The maximum atomic E-state index is 11.5. The van der Waals surface area contributed by atoms with Crippen LogP contribution in [0.3, 0.4) is 0 Å². The number of carbonyl (C=O) groups excluding carboxylic acids is 1. The van der Waals surface area contributed by atoms with Gasteiger partial charge in [0.25, 0.3) is 0 Å². The molecule has 0 aliphatic carbocycles. The van der Waals surface area contributed by atoms with E-state index in [2.05, 4.69) is 33.1 Å². The summed E-state index contributed by atoms with van der Waals surface area (Å²) >= 11 is 0. The quantitative estimate of drug-likeness (QED) is 0.529. The van der Waals surface area contributed by atoms with Gasteiger partial charge in [0.1, 0.15) is 22.9 Å². The van der Waals surface area contributed by atoms with Crippen LogP contribution in [0, 0.1) is 11.3 Å². The summed E-state index contributed by atoms with van der Waals surface area (Å²) in [5.74, 6) is 0.325. The van der Waals surface area contributed by atoms with E-state index in [0.717, 1.165) is 5.56 Å². The predicted octanol–water partition coefficient (Wildman–Crippen LogP) is 2.92. The molecule has 9 nitrogen and oxygen atoms in total. The molecule has 1 aromatic carbocycles. The van der Waals surface area contributed by atoms with Crippen molar-refractivity contribution in [3.05, 3.63) is 67.3 Å². The van der Waals surface area contributed by atoms with Crippen molar-refractivity contribution in [1.29, 1.82) is 5.26 Å². The number of nitrogens with zero attached hydrogens (tertiary/aromatic N) is 6. The van der Waals surface area contributed by atoms with E-state index in [0.29, 0.717) is 28.2 Å². The van der Waals surface area contributed by atoms with E-state index >= 15 is 0 Å². The first kappa shape index (κ1) is 17.9. The van der Waals surface area contributed by atoms with Crippen LogP contribution in [-0.2, 0) is 11.8 Å². The highest BCUT2D eigenvalue weighted by molar-refractivity contribution is 5.98. The van der Waals surface area contributed by atoms with Crippen LogP contribution in [0.25, 0.3) is 16.8 Å². The lowest BCUT2D eigenvalue weighted by Crippen LogP contribution is -2.07. The Balaban J connectivity index is 1.79. The fourth-order valence-corrected chi connectivity index (χ4v) is 2.77. The fourth-order valence-electron chi connectivity index (χ4n) is 2.77. The molecule has 0 aliphatic heterocycles. The van der Waals surface area contributed by atoms with Gasteiger partial charge in [-0.3, -0.25) is 9.48 Å². The number of hydrogen-bond acceptors (Lipinski definition) is 6. The molecule has 4 rings (SSSR count). The molecule has 0 fully saturated rings. The number of hydrogen-bond donors (Lipinski definition) is 1. The third-order valence-corrected chi connectivity index (χ3v) is 4.09. The van der Waals surface area contributed by atoms with Crippen LogP contribution < -0.4 is 10.1 Å². The van der Waals surface area contributed by atoms with Gasteiger partial charge in [-0.05, 0) is 18.2 Å². The van der Waals surface area contributed by atoms with E-state index in [-0.39, 0.29) is 11.8 Å². The van der Waals surface area contributed by atoms with Crippen molar-refractivity contribution in [2.75, 3.05) is 5.32 Å². The standard InChI is InChI=1S/C20H15N7O2/c1-3-18(28)24-15-5-4-6-16(7-15)29-20-19-13(8-21)9-23-27(19)12-17(25-20)14-10-22-26(2)11-14/h3-7,9-12H,1H2,2H3,(H,24,28). The molecule has 142 valence electrons. The summed E-state index contributed by atoms with van der Waals surface area (Å²) in [7, 11) is 1.81. The molecule has 0 saturated carbocycles. The Hall–Kier alpha value is -4.45. The molecule has 0 unspecified atom stereocenters. The maximum absolute atomic E-state index is 11.5. The van der Waals surface area contributed by atoms with E-state index in [1.165, 1.54) is 12.3 Å². The first-order chi connectivity index (χ1) is 14.1. The highest BCUT2D eigenvalue weighted by Crippen LogP contribution is 2.30. The van der Waals surface area contributed by atoms with Crippen molar-refractivity contribution in [3.63, 3.8) is 0 Å². The number of benzene rings is 1. The molecule has 3 aromatic heterocycles. The van der Waals surface area contributed by atoms with Gasteiger partial charge in [-0.15, -0.1) is 0 Å². The molecule has 0 spiro atoms. The number of amides is 1. The normalized spacial score (nSPS) is 10.5. The molecule has 3 heterocycles. The van der Waals surface area contributed by atoms with Crippen molar-refractivity contribution in [1.82, 2.24) is 24.4 Å². The zero-order chi connectivity index (χ0) is 20.4. The molecule has 0 atom stereocenters. The van der Waals surface area contributed by atoms with E-state index < -0.39 is 0 Å². The summed E-state index contributed by atoms with van der Waals surface area (Å²) < 4.78 is 9.20. The minimum Gasteiger partial charge on any atom is -0.437 e. The molecule has 0 bridgehead atoms. The number of fused-ring (bicyclic) bond motifs is 1. The highest BCUT2D eigenvalue weighted by atomic mass is 16.5. The Bertz CT molecular complexity index is 1280. The van der Waals surface area contributed by atoms with Gasteiger partial charge in [-0.2, -0.15) is 15.5 Å². The van der Waals surface area contributed by atoms with Gasteiger partial charge < -0.3 is 10.1 Å². The Kier molecular flexibility index (Phi) is 4.50. The number of nitrogens with one attached hydrogen (secondary N) is 1. The number of aromatic nitrogens is 5. The highest BCUT2D eigenvalue weighted by Gasteiger charge is 2.16. The van der Waals surface area contributed by atoms with Crippen LogP contribution in [0.2, 0.25) is 0 Å². The van der Waals surface area contributed by atoms with Crippen LogP contribution in [0.15, 0.2) is 61.7 Å². The van der Waals surface area contributed by atoms with Crippen LogP contribution in [0.5, 0.6) is 11.6 Å².